The van der Waals surface area contributed by atoms with Crippen molar-refractivity contribution >= 4 is 0 Å². The Kier molecular flexibility index (Phi) is 8.72. The third kappa shape index (κ3) is 5.83. The predicted molar refractivity (Wildman–Crippen MR) is 83.5 cm³/mol. The van der Waals surface area contributed by atoms with Gasteiger partial charge in [-0.1, -0.05) is 53.4 Å². The smallest absolute Gasteiger partial charge is 0.0754 e. The van der Waals surface area contributed by atoms with Crippen molar-refractivity contribution in [2.45, 2.75) is 84.8 Å². The average molecular weight is 269 g/mol. The van der Waals surface area contributed by atoms with Crippen LogP contribution in [0, 0.1) is 11.8 Å². The SMILES string of the molecule is CCCCC(CC)CC(NCCC)C1OCCC1C. The molecule has 0 amide bonds. The number of hydrogen-bond acceptors (Lipinski definition) is 2. The molecule has 1 heterocycles. The second kappa shape index (κ2) is 9.77. The monoisotopic (exact) mass is 269 g/mol. The summed E-state index contributed by atoms with van der Waals surface area (Å²) in [5, 5.41) is 3.76. The minimum atomic E-state index is 0.447. The zero-order valence-corrected chi connectivity index (χ0v) is 13.6. The molecule has 0 saturated carbocycles. The number of rotatable bonds is 10. The van der Waals surface area contributed by atoms with Gasteiger partial charge >= 0.3 is 0 Å². The van der Waals surface area contributed by atoms with E-state index in [0.717, 1.165) is 25.0 Å². The van der Waals surface area contributed by atoms with Gasteiger partial charge in [-0.3, -0.25) is 0 Å². The molecule has 0 bridgehead atoms. The lowest BCUT2D eigenvalue weighted by Gasteiger charge is -2.30. The van der Waals surface area contributed by atoms with Gasteiger partial charge in [0.05, 0.1) is 6.10 Å². The van der Waals surface area contributed by atoms with Gasteiger partial charge in [-0.05, 0) is 37.6 Å². The first kappa shape index (κ1) is 17.0. The summed E-state index contributed by atoms with van der Waals surface area (Å²) in [5.41, 5.74) is 0. The van der Waals surface area contributed by atoms with Crippen LogP contribution in [0.15, 0.2) is 0 Å². The minimum absolute atomic E-state index is 0.447. The third-order valence-electron chi connectivity index (χ3n) is 4.63. The van der Waals surface area contributed by atoms with Crippen LogP contribution in [-0.2, 0) is 4.74 Å². The summed E-state index contributed by atoms with van der Waals surface area (Å²) in [5.74, 6) is 1.59. The first-order valence-corrected chi connectivity index (χ1v) is 8.57. The minimum Gasteiger partial charge on any atom is -0.376 e. The van der Waals surface area contributed by atoms with Crippen LogP contribution in [0.25, 0.3) is 0 Å². The number of ether oxygens (including phenoxy) is 1. The van der Waals surface area contributed by atoms with Crippen molar-refractivity contribution in [1.29, 1.82) is 0 Å². The molecule has 0 aromatic rings. The zero-order valence-electron chi connectivity index (χ0n) is 13.6. The van der Waals surface area contributed by atoms with Crippen molar-refractivity contribution < 1.29 is 4.74 Å². The summed E-state index contributed by atoms with van der Waals surface area (Å²) < 4.78 is 6.01. The van der Waals surface area contributed by atoms with Crippen LogP contribution in [0.1, 0.15) is 72.6 Å². The Labute approximate surface area is 120 Å². The van der Waals surface area contributed by atoms with Gasteiger partial charge in [0, 0.05) is 12.6 Å². The largest absolute Gasteiger partial charge is 0.376 e. The van der Waals surface area contributed by atoms with Crippen LogP contribution in [0.3, 0.4) is 0 Å². The van der Waals surface area contributed by atoms with E-state index >= 15 is 0 Å². The van der Waals surface area contributed by atoms with Gasteiger partial charge in [-0.25, -0.2) is 0 Å². The molecule has 1 N–H and O–H groups in total. The van der Waals surface area contributed by atoms with Crippen molar-refractivity contribution in [3.05, 3.63) is 0 Å². The van der Waals surface area contributed by atoms with E-state index in [4.69, 9.17) is 4.74 Å². The highest BCUT2D eigenvalue weighted by Gasteiger charge is 2.32. The maximum absolute atomic E-state index is 6.01. The van der Waals surface area contributed by atoms with Crippen molar-refractivity contribution in [2.24, 2.45) is 11.8 Å². The molecular formula is C17H35NO. The number of unbranched alkanes of at least 4 members (excludes halogenated alkanes) is 1. The molecule has 1 rings (SSSR count). The highest BCUT2D eigenvalue weighted by atomic mass is 16.5. The fraction of sp³-hybridized carbons (Fsp3) is 1.00. The molecule has 0 aromatic heterocycles. The Balaban J connectivity index is 2.51. The molecule has 1 saturated heterocycles. The van der Waals surface area contributed by atoms with Gasteiger partial charge in [0.1, 0.15) is 0 Å². The number of hydrogen-bond donors (Lipinski definition) is 1. The lowest BCUT2D eigenvalue weighted by molar-refractivity contribution is 0.0518. The van der Waals surface area contributed by atoms with E-state index in [9.17, 15) is 0 Å². The van der Waals surface area contributed by atoms with E-state index in [2.05, 4.69) is 33.0 Å². The Hall–Kier alpha value is -0.0800. The van der Waals surface area contributed by atoms with Crippen LogP contribution in [0.4, 0.5) is 0 Å². The van der Waals surface area contributed by atoms with Gasteiger partial charge in [0.15, 0.2) is 0 Å². The maximum Gasteiger partial charge on any atom is 0.0754 e. The lowest BCUT2D eigenvalue weighted by Crippen LogP contribution is -2.43. The molecule has 1 fully saturated rings. The van der Waals surface area contributed by atoms with Gasteiger partial charge in [0.25, 0.3) is 0 Å². The zero-order chi connectivity index (χ0) is 14.1. The van der Waals surface area contributed by atoms with Crippen LogP contribution in [-0.4, -0.2) is 25.3 Å². The number of nitrogens with one attached hydrogen (secondary N) is 1. The van der Waals surface area contributed by atoms with Gasteiger partial charge < -0.3 is 10.1 Å². The summed E-state index contributed by atoms with van der Waals surface area (Å²) in [4.78, 5) is 0. The van der Waals surface area contributed by atoms with Crippen molar-refractivity contribution in [3.8, 4) is 0 Å². The second-order valence-electron chi connectivity index (χ2n) is 6.31. The average Bonchev–Trinajstić information content (AvgIpc) is 2.84. The summed E-state index contributed by atoms with van der Waals surface area (Å²) in [7, 11) is 0. The van der Waals surface area contributed by atoms with Crippen molar-refractivity contribution in [2.75, 3.05) is 13.2 Å². The van der Waals surface area contributed by atoms with Gasteiger partial charge in [0.2, 0.25) is 0 Å². The van der Waals surface area contributed by atoms with E-state index in [1.165, 1.54) is 44.9 Å². The molecule has 0 spiro atoms. The first-order chi connectivity index (χ1) is 9.22. The Bertz CT molecular complexity index is 219. The summed E-state index contributed by atoms with van der Waals surface area (Å²) in [6.07, 6.45) is 9.58. The van der Waals surface area contributed by atoms with Crippen LogP contribution < -0.4 is 5.32 Å². The maximum atomic E-state index is 6.01. The summed E-state index contributed by atoms with van der Waals surface area (Å²) in [6.45, 7) is 11.3. The Morgan fingerprint density at radius 1 is 1.21 bits per heavy atom. The van der Waals surface area contributed by atoms with Crippen molar-refractivity contribution in [3.63, 3.8) is 0 Å². The molecule has 1 aliphatic heterocycles. The molecule has 4 unspecified atom stereocenters. The molecule has 0 radical (unpaired) electrons. The van der Waals surface area contributed by atoms with Crippen LogP contribution >= 0.6 is 0 Å². The molecule has 4 atom stereocenters. The molecular weight excluding hydrogens is 234 g/mol. The lowest BCUT2D eigenvalue weighted by atomic mass is 9.86. The Morgan fingerprint density at radius 2 is 2.00 bits per heavy atom. The quantitative estimate of drug-likeness (QED) is 0.635. The third-order valence-corrected chi connectivity index (χ3v) is 4.63. The van der Waals surface area contributed by atoms with Crippen LogP contribution in [0.2, 0.25) is 0 Å². The highest BCUT2D eigenvalue weighted by Crippen LogP contribution is 2.28. The predicted octanol–water partition coefficient (Wildman–Crippen LogP) is 4.39. The second-order valence-corrected chi connectivity index (χ2v) is 6.31. The molecule has 1 aliphatic rings. The summed E-state index contributed by atoms with van der Waals surface area (Å²) >= 11 is 0. The Morgan fingerprint density at radius 3 is 2.53 bits per heavy atom. The van der Waals surface area contributed by atoms with E-state index in [0.29, 0.717) is 12.1 Å². The topological polar surface area (TPSA) is 21.3 Å². The first-order valence-electron chi connectivity index (χ1n) is 8.57. The standard InChI is InChI=1S/C17H35NO/c1-5-8-9-15(7-3)13-16(18-11-6-2)17-14(4)10-12-19-17/h14-18H,5-13H2,1-4H3. The normalized spacial score (nSPS) is 26.5. The fourth-order valence-electron chi connectivity index (χ4n) is 3.24. The van der Waals surface area contributed by atoms with E-state index in [-0.39, 0.29) is 0 Å². The molecule has 2 nitrogen and oxygen atoms in total. The van der Waals surface area contributed by atoms with E-state index < -0.39 is 0 Å². The van der Waals surface area contributed by atoms with E-state index in [1.54, 1.807) is 0 Å². The van der Waals surface area contributed by atoms with Crippen LogP contribution in [0.5, 0.6) is 0 Å². The molecule has 114 valence electrons. The van der Waals surface area contributed by atoms with Gasteiger partial charge in [-0.15, -0.1) is 0 Å². The fourth-order valence-corrected chi connectivity index (χ4v) is 3.24. The molecule has 0 aromatic carbocycles. The molecule has 2 heteroatoms. The molecule has 19 heavy (non-hydrogen) atoms. The van der Waals surface area contributed by atoms with Crippen molar-refractivity contribution in [1.82, 2.24) is 5.32 Å². The van der Waals surface area contributed by atoms with E-state index in [1.807, 2.05) is 0 Å². The summed E-state index contributed by atoms with van der Waals surface area (Å²) in [6, 6.07) is 0.569. The molecule has 0 aliphatic carbocycles. The van der Waals surface area contributed by atoms with Gasteiger partial charge in [-0.2, -0.15) is 0 Å². The highest BCUT2D eigenvalue weighted by molar-refractivity contribution is 4.86.